The highest BCUT2D eigenvalue weighted by Crippen LogP contribution is 2.40. The molecule has 0 bridgehead atoms. The van der Waals surface area contributed by atoms with Gasteiger partial charge in [0.15, 0.2) is 0 Å². The average molecular weight is 332 g/mol. The number of carbonyl (C=O) groups is 1. The maximum Gasteiger partial charge on any atom is 0.219 e. The molecule has 1 N–H and O–H groups in total. The molecule has 3 rings (SSSR count). The van der Waals surface area contributed by atoms with E-state index in [-0.39, 0.29) is 17.4 Å². The fraction of sp³-hybridized carbons (Fsp3) is 0.632. The number of hydrogen-bond donors (Lipinski definition) is 1. The third kappa shape index (κ3) is 3.90. The van der Waals surface area contributed by atoms with Gasteiger partial charge >= 0.3 is 0 Å². The van der Waals surface area contributed by atoms with E-state index in [0.29, 0.717) is 6.54 Å². The van der Waals surface area contributed by atoms with Gasteiger partial charge in [-0.1, -0.05) is 12.1 Å². The molecule has 1 unspecified atom stereocenters. The summed E-state index contributed by atoms with van der Waals surface area (Å²) >= 11 is 0. The molecule has 0 aliphatic carbocycles. The number of nitrogens with zero attached hydrogens (tertiary/aromatic N) is 2. The van der Waals surface area contributed by atoms with Gasteiger partial charge in [0, 0.05) is 26.6 Å². The second kappa shape index (κ2) is 7.11. The van der Waals surface area contributed by atoms with Crippen molar-refractivity contribution in [2.24, 2.45) is 5.41 Å². The van der Waals surface area contributed by atoms with E-state index < -0.39 is 0 Å². The van der Waals surface area contributed by atoms with Crippen LogP contribution in [0.3, 0.4) is 0 Å². The molecule has 2 fully saturated rings. The number of likely N-dealkylation sites (tertiary alicyclic amines) is 2. The molecule has 0 saturated carbocycles. The van der Waals surface area contributed by atoms with Crippen LogP contribution in [0.4, 0.5) is 0 Å². The number of piperidine rings is 2. The standard InChI is InChI=1S/C19H28N2O3/c1-15(22)21-13-17(23)11-19(14-21)7-9-20(10-8-19)12-16-3-5-18(24-2)6-4-16/h3-6,17,23H,7-14H2,1-2H3. The van der Waals surface area contributed by atoms with Crippen molar-refractivity contribution in [3.8, 4) is 5.75 Å². The van der Waals surface area contributed by atoms with E-state index in [9.17, 15) is 9.90 Å². The summed E-state index contributed by atoms with van der Waals surface area (Å²) in [5.41, 5.74) is 1.39. The van der Waals surface area contributed by atoms with Gasteiger partial charge in [-0.2, -0.15) is 0 Å². The summed E-state index contributed by atoms with van der Waals surface area (Å²) in [4.78, 5) is 16.0. The van der Waals surface area contributed by atoms with Crippen LogP contribution >= 0.6 is 0 Å². The molecule has 24 heavy (non-hydrogen) atoms. The predicted molar refractivity (Wildman–Crippen MR) is 92.8 cm³/mol. The SMILES string of the molecule is COc1ccc(CN2CCC3(CC2)CC(O)CN(C(C)=O)C3)cc1. The number of amides is 1. The van der Waals surface area contributed by atoms with Crippen LogP contribution in [0.25, 0.3) is 0 Å². The lowest BCUT2D eigenvalue weighted by atomic mass is 9.71. The third-order valence-corrected chi connectivity index (χ3v) is 5.55. The highest BCUT2D eigenvalue weighted by atomic mass is 16.5. The molecule has 1 spiro atoms. The number of aliphatic hydroxyl groups excluding tert-OH is 1. The Balaban J connectivity index is 1.57. The second-order valence-corrected chi connectivity index (χ2v) is 7.38. The number of carbonyl (C=O) groups excluding carboxylic acids is 1. The summed E-state index contributed by atoms with van der Waals surface area (Å²) in [6, 6.07) is 8.24. The van der Waals surface area contributed by atoms with Crippen molar-refractivity contribution in [2.75, 3.05) is 33.3 Å². The second-order valence-electron chi connectivity index (χ2n) is 7.38. The van der Waals surface area contributed by atoms with Gasteiger partial charge in [-0.3, -0.25) is 9.69 Å². The fourth-order valence-corrected chi connectivity index (χ4v) is 4.13. The fourth-order valence-electron chi connectivity index (χ4n) is 4.13. The summed E-state index contributed by atoms with van der Waals surface area (Å²) in [6.07, 6.45) is 2.54. The van der Waals surface area contributed by atoms with Crippen LogP contribution < -0.4 is 4.74 Å². The first-order chi connectivity index (χ1) is 11.5. The van der Waals surface area contributed by atoms with E-state index in [1.54, 1.807) is 14.0 Å². The van der Waals surface area contributed by atoms with Crippen molar-refractivity contribution < 1.29 is 14.6 Å². The van der Waals surface area contributed by atoms with Crippen LogP contribution in [0.15, 0.2) is 24.3 Å². The number of hydrogen-bond acceptors (Lipinski definition) is 4. The number of β-amino-alcohol motifs (C(OH)–C–C–N with tert-alkyl or cyclic N) is 1. The summed E-state index contributed by atoms with van der Waals surface area (Å²) < 4.78 is 5.20. The minimum atomic E-state index is -0.379. The molecular formula is C19H28N2O3. The van der Waals surface area contributed by atoms with E-state index in [1.807, 2.05) is 17.0 Å². The zero-order chi connectivity index (χ0) is 17.2. The molecule has 0 aromatic heterocycles. The van der Waals surface area contributed by atoms with E-state index in [0.717, 1.165) is 51.2 Å². The Kier molecular flexibility index (Phi) is 5.11. The Morgan fingerprint density at radius 2 is 1.96 bits per heavy atom. The molecule has 1 aromatic rings. The Morgan fingerprint density at radius 1 is 1.29 bits per heavy atom. The van der Waals surface area contributed by atoms with E-state index >= 15 is 0 Å². The molecule has 132 valence electrons. The molecule has 5 nitrogen and oxygen atoms in total. The van der Waals surface area contributed by atoms with Crippen molar-refractivity contribution >= 4 is 5.91 Å². The Hall–Kier alpha value is -1.59. The number of benzene rings is 1. The number of ether oxygens (including phenoxy) is 1. The summed E-state index contributed by atoms with van der Waals surface area (Å²) in [5.74, 6) is 0.964. The van der Waals surface area contributed by atoms with Crippen molar-refractivity contribution in [3.63, 3.8) is 0 Å². The van der Waals surface area contributed by atoms with Gasteiger partial charge in [0.2, 0.25) is 5.91 Å². The van der Waals surface area contributed by atoms with Crippen LogP contribution in [-0.4, -0.2) is 60.2 Å². The summed E-state index contributed by atoms with van der Waals surface area (Å²) in [5, 5.41) is 10.2. The molecule has 0 radical (unpaired) electrons. The quantitative estimate of drug-likeness (QED) is 0.918. The summed E-state index contributed by atoms with van der Waals surface area (Å²) in [6.45, 7) is 5.88. The van der Waals surface area contributed by atoms with Gasteiger partial charge in [0.05, 0.1) is 13.2 Å². The van der Waals surface area contributed by atoms with Crippen molar-refractivity contribution in [1.29, 1.82) is 0 Å². The molecule has 2 heterocycles. The highest BCUT2D eigenvalue weighted by molar-refractivity contribution is 5.73. The Bertz CT molecular complexity index is 564. The minimum Gasteiger partial charge on any atom is -0.497 e. The maximum atomic E-state index is 11.7. The minimum absolute atomic E-state index is 0.0776. The molecular weight excluding hydrogens is 304 g/mol. The monoisotopic (exact) mass is 332 g/mol. The lowest BCUT2D eigenvalue weighted by molar-refractivity contribution is -0.138. The summed E-state index contributed by atoms with van der Waals surface area (Å²) in [7, 11) is 1.68. The van der Waals surface area contributed by atoms with Crippen LogP contribution in [0.5, 0.6) is 5.75 Å². The average Bonchev–Trinajstić information content (AvgIpc) is 2.57. The van der Waals surface area contributed by atoms with Crippen molar-refractivity contribution in [1.82, 2.24) is 9.80 Å². The van der Waals surface area contributed by atoms with Gasteiger partial charge in [-0.05, 0) is 55.5 Å². The van der Waals surface area contributed by atoms with Gasteiger partial charge in [0.1, 0.15) is 5.75 Å². The van der Waals surface area contributed by atoms with E-state index in [4.69, 9.17) is 4.74 Å². The third-order valence-electron chi connectivity index (χ3n) is 5.55. The normalized spacial score (nSPS) is 24.1. The van der Waals surface area contributed by atoms with E-state index in [2.05, 4.69) is 17.0 Å². The van der Waals surface area contributed by atoms with Crippen molar-refractivity contribution in [3.05, 3.63) is 29.8 Å². The zero-order valence-corrected chi connectivity index (χ0v) is 14.7. The molecule has 5 heteroatoms. The first-order valence-corrected chi connectivity index (χ1v) is 8.79. The van der Waals surface area contributed by atoms with Crippen molar-refractivity contribution in [2.45, 2.75) is 38.8 Å². The number of methoxy groups -OCH3 is 1. The highest BCUT2D eigenvalue weighted by Gasteiger charge is 2.42. The smallest absolute Gasteiger partial charge is 0.219 e. The Morgan fingerprint density at radius 3 is 2.54 bits per heavy atom. The first-order valence-electron chi connectivity index (χ1n) is 8.79. The lowest BCUT2D eigenvalue weighted by Crippen LogP contribution is -2.54. The molecule has 2 saturated heterocycles. The van der Waals surface area contributed by atoms with Crippen LogP contribution in [0.2, 0.25) is 0 Å². The Labute approximate surface area is 144 Å². The van der Waals surface area contributed by atoms with Gasteiger partial charge in [-0.15, -0.1) is 0 Å². The van der Waals surface area contributed by atoms with Crippen LogP contribution in [-0.2, 0) is 11.3 Å². The maximum absolute atomic E-state index is 11.7. The lowest BCUT2D eigenvalue weighted by Gasteiger charge is -2.49. The first kappa shape index (κ1) is 17.2. The number of aliphatic hydroxyl groups is 1. The van der Waals surface area contributed by atoms with E-state index in [1.165, 1.54) is 5.56 Å². The van der Waals surface area contributed by atoms with Gasteiger partial charge in [0.25, 0.3) is 0 Å². The van der Waals surface area contributed by atoms with Gasteiger partial charge in [-0.25, -0.2) is 0 Å². The van der Waals surface area contributed by atoms with Gasteiger partial charge < -0.3 is 14.7 Å². The molecule has 1 amide bonds. The molecule has 2 aliphatic heterocycles. The predicted octanol–water partition coefficient (Wildman–Crippen LogP) is 1.89. The molecule has 2 aliphatic rings. The molecule has 1 atom stereocenters. The van der Waals surface area contributed by atoms with Crippen LogP contribution in [0, 0.1) is 5.41 Å². The topological polar surface area (TPSA) is 53.0 Å². The zero-order valence-electron chi connectivity index (χ0n) is 14.7. The number of rotatable bonds is 3. The molecule has 1 aromatic carbocycles. The largest absolute Gasteiger partial charge is 0.497 e. The van der Waals surface area contributed by atoms with Crippen LogP contribution in [0.1, 0.15) is 31.7 Å².